The van der Waals surface area contributed by atoms with Gasteiger partial charge < -0.3 is 4.74 Å². The zero-order chi connectivity index (χ0) is 22.7. The molecule has 0 aliphatic carbocycles. The lowest BCUT2D eigenvalue weighted by molar-refractivity contribution is 0.102. The molecule has 0 spiro atoms. The van der Waals surface area contributed by atoms with Crippen molar-refractivity contribution in [2.75, 3.05) is 19.0 Å². The summed E-state index contributed by atoms with van der Waals surface area (Å²) in [4.78, 5) is 17.3. The third kappa shape index (κ3) is 4.69. The number of benzene rings is 2. The Morgan fingerprint density at radius 3 is 2.50 bits per heavy atom. The molecule has 1 atom stereocenters. The number of nitrogens with one attached hydrogen (secondary N) is 1. The summed E-state index contributed by atoms with van der Waals surface area (Å²) < 4.78 is 32.6. The van der Waals surface area contributed by atoms with Crippen LogP contribution in [0.25, 0.3) is 11.3 Å². The SMILES string of the molecule is COc1ccc(-c2csc(NC(=O)c3ccc(S(=O)(=O)N4CCCC[C@H]4C)cc3)n2)cc1. The number of hydrogen-bond acceptors (Lipinski definition) is 6. The molecule has 1 aliphatic rings. The number of nitrogens with zero attached hydrogens (tertiary/aromatic N) is 2. The molecule has 0 radical (unpaired) electrons. The van der Waals surface area contributed by atoms with E-state index >= 15 is 0 Å². The molecule has 168 valence electrons. The predicted octanol–water partition coefficient (Wildman–Crippen LogP) is 4.63. The fraction of sp³-hybridized carbons (Fsp3) is 0.304. The molecule has 9 heteroatoms. The van der Waals surface area contributed by atoms with Crippen LogP contribution in [-0.2, 0) is 10.0 Å². The lowest BCUT2D eigenvalue weighted by Crippen LogP contribution is -2.41. The van der Waals surface area contributed by atoms with Gasteiger partial charge in [0.05, 0.1) is 17.7 Å². The second-order valence-electron chi connectivity index (χ2n) is 7.71. The molecule has 1 saturated heterocycles. The van der Waals surface area contributed by atoms with Crippen molar-refractivity contribution < 1.29 is 17.9 Å². The van der Waals surface area contributed by atoms with Crippen molar-refractivity contribution in [2.45, 2.75) is 37.1 Å². The quantitative estimate of drug-likeness (QED) is 0.566. The van der Waals surface area contributed by atoms with E-state index in [1.54, 1.807) is 11.4 Å². The van der Waals surface area contributed by atoms with Crippen LogP contribution in [0.15, 0.2) is 58.8 Å². The first-order valence-corrected chi connectivity index (χ1v) is 12.7. The van der Waals surface area contributed by atoms with E-state index in [0.717, 1.165) is 36.3 Å². The molecule has 1 N–H and O–H groups in total. The van der Waals surface area contributed by atoms with Gasteiger partial charge in [-0.25, -0.2) is 13.4 Å². The van der Waals surface area contributed by atoms with Crippen LogP contribution in [0.5, 0.6) is 5.75 Å². The molecule has 1 amide bonds. The fourth-order valence-electron chi connectivity index (χ4n) is 3.74. The lowest BCUT2D eigenvalue weighted by Gasteiger charge is -2.32. The summed E-state index contributed by atoms with van der Waals surface area (Å²) in [5.74, 6) is 0.425. The van der Waals surface area contributed by atoms with Crippen molar-refractivity contribution in [3.63, 3.8) is 0 Å². The van der Waals surface area contributed by atoms with E-state index in [2.05, 4.69) is 10.3 Å². The highest BCUT2D eigenvalue weighted by Gasteiger charge is 2.30. The van der Waals surface area contributed by atoms with Crippen LogP contribution in [0.1, 0.15) is 36.5 Å². The van der Waals surface area contributed by atoms with Gasteiger partial charge in [0.15, 0.2) is 5.13 Å². The number of aromatic nitrogens is 1. The smallest absolute Gasteiger partial charge is 0.257 e. The van der Waals surface area contributed by atoms with Crippen molar-refractivity contribution in [3.05, 3.63) is 59.5 Å². The normalized spacial score (nSPS) is 17.1. The number of piperidine rings is 1. The van der Waals surface area contributed by atoms with Gasteiger partial charge in [-0.05, 0) is 68.3 Å². The van der Waals surface area contributed by atoms with Gasteiger partial charge in [-0.1, -0.05) is 6.42 Å². The first-order valence-electron chi connectivity index (χ1n) is 10.4. The number of carbonyl (C=O) groups excluding carboxylic acids is 1. The highest BCUT2D eigenvalue weighted by atomic mass is 32.2. The van der Waals surface area contributed by atoms with Gasteiger partial charge in [0.2, 0.25) is 10.0 Å². The molecular weight excluding hydrogens is 446 g/mol. The Balaban J connectivity index is 1.45. The molecule has 1 aromatic heterocycles. The first kappa shape index (κ1) is 22.4. The summed E-state index contributed by atoms with van der Waals surface area (Å²) in [5.41, 5.74) is 2.05. The van der Waals surface area contributed by atoms with Gasteiger partial charge in [-0.2, -0.15) is 4.31 Å². The third-order valence-corrected chi connectivity index (χ3v) is 8.36. The van der Waals surface area contributed by atoms with E-state index < -0.39 is 10.0 Å². The molecule has 32 heavy (non-hydrogen) atoms. The molecule has 0 bridgehead atoms. The van der Waals surface area contributed by atoms with Crippen LogP contribution in [0, 0.1) is 0 Å². The number of rotatable bonds is 6. The van der Waals surface area contributed by atoms with E-state index in [1.807, 2.05) is 36.6 Å². The summed E-state index contributed by atoms with van der Waals surface area (Å²) >= 11 is 1.33. The topological polar surface area (TPSA) is 88.6 Å². The molecule has 3 aromatic rings. The maximum absolute atomic E-state index is 13.0. The maximum atomic E-state index is 13.0. The summed E-state index contributed by atoms with van der Waals surface area (Å²) in [6, 6.07) is 13.6. The second-order valence-corrected chi connectivity index (χ2v) is 10.5. The van der Waals surface area contributed by atoms with E-state index in [1.165, 1.54) is 35.6 Å². The summed E-state index contributed by atoms with van der Waals surface area (Å²) in [6.45, 7) is 2.47. The Morgan fingerprint density at radius 2 is 1.84 bits per heavy atom. The van der Waals surface area contributed by atoms with E-state index in [0.29, 0.717) is 17.2 Å². The van der Waals surface area contributed by atoms with Crippen molar-refractivity contribution in [3.8, 4) is 17.0 Å². The maximum Gasteiger partial charge on any atom is 0.257 e. The molecule has 2 heterocycles. The van der Waals surface area contributed by atoms with Crippen LogP contribution >= 0.6 is 11.3 Å². The van der Waals surface area contributed by atoms with Crippen LogP contribution < -0.4 is 10.1 Å². The monoisotopic (exact) mass is 471 g/mol. The standard InChI is InChI=1S/C23H25N3O4S2/c1-16-5-3-4-14-26(16)32(28,29)20-12-8-18(9-13-20)22(27)25-23-24-21(15-31-23)17-6-10-19(30-2)11-7-17/h6-13,15-16H,3-5,14H2,1-2H3,(H,24,25,27)/t16-/m1/s1. The number of anilines is 1. The van der Waals surface area contributed by atoms with Gasteiger partial charge in [-0.3, -0.25) is 10.1 Å². The van der Waals surface area contributed by atoms with Crippen molar-refractivity contribution in [1.29, 1.82) is 0 Å². The molecule has 4 rings (SSSR count). The number of hydrogen-bond donors (Lipinski definition) is 1. The Kier molecular flexibility index (Phi) is 6.59. The minimum Gasteiger partial charge on any atom is -0.497 e. The Bertz CT molecular complexity index is 1190. The Morgan fingerprint density at radius 1 is 1.12 bits per heavy atom. The van der Waals surface area contributed by atoms with E-state index in [4.69, 9.17) is 4.74 Å². The van der Waals surface area contributed by atoms with Gasteiger partial charge in [-0.15, -0.1) is 11.3 Å². The second kappa shape index (κ2) is 9.40. The average Bonchev–Trinajstić information content (AvgIpc) is 3.28. The minimum atomic E-state index is -3.56. The average molecular weight is 472 g/mol. The largest absolute Gasteiger partial charge is 0.497 e. The van der Waals surface area contributed by atoms with Gasteiger partial charge in [0.1, 0.15) is 5.75 Å². The molecular formula is C23H25N3O4S2. The van der Waals surface area contributed by atoms with E-state index in [9.17, 15) is 13.2 Å². The highest BCUT2D eigenvalue weighted by Crippen LogP contribution is 2.28. The molecule has 0 saturated carbocycles. The van der Waals surface area contributed by atoms with Crippen molar-refractivity contribution in [2.24, 2.45) is 0 Å². The number of carbonyl (C=O) groups is 1. The third-order valence-electron chi connectivity index (χ3n) is 5.58. The van der Waals surface area contributed by atoms with Crippen LogP contribution in [-0.4, -0.2) is 43.3 Å². The Hall–Kier alpha value is -2.75. The van der Waals surface area contributed by atoms with Crippen molar-refractivity contribution >= 4 is 32.4 Å². The van der Waals surface area contributed by atoms with Crippen LogP contribution in [0.2, 0.25) is 0 Å². The minimum absolute atomic E-state index is 0.0125. The van der Waals surface area contributed by atoms with Crippen molar-refractivity contribution in [1.82, 2.24) is 9.29 Å². The van der Waals surface area contributed by atoms with Gasteiger partial charge in [0.25, 0.3) is 5.91 Å². The van der Waals surface area contributed by atoms with Gasteiger partial charge in [0, 0.05) is 29.1 Å². The zero-order valence-electron chi connectivity index (χ0n) is 17.9. The van der Waals surface area contributed by atoms with Crippen LogP contribution in [0.3, 0.4) is 0 Å². The predicted molar refractivity (Wildman–Crippen MR) is 126 cm³/mol. The number of methoxy groups -OCH3 is 1. The van der Waals surface area contributed by atoms with Crippen LogP contribution in [0.4, 0.5) is 5.13 Å². The number of amides is 1. The molecule has 7 nitrogen and oxygen atoms in total. The summed E-state index contributed by atoms with van der Waals surface area (Å²) in [6.07, 6.45) is 2.78. The summed E-state index contributed by atoms with van der Waals surface area (Å²) in [5, 5.41) is 5.12. The molecule has 0 unspecified atom stereocenters. The van der Waals surface area contributed by atoms with E-state index in [-0.39, 0.29) is 16.8 Å². The first-order chi connectivity index (χ1) is 15.4. The number of thiazole rings is 1. The summed E-state index contributed by atoms with van der Waals surface area (Å²) in [7, 11) is -1.95. The fourth-order valence-corrected chi connectivity index (χ4v) is 6.15. The molecule has 1 fully saturated rings. The van der Waals surface area contributed by atoms with Gasteiger partial charge >= 0.3 is 0 Å². The molecule has 1 aliphatic heterocycles. The highest BCUT2D eigenvalue weighted by molar-refractivity contribution is 7.89. The number of sulfonamides is 1. The Labute approximate surface area is 192 Å². The molecule has 2 aromatic carbocycles. The zero-order valence-corrected chi connectivity index (χ0v) is 19.6. The number of ether oxygens (including phenoxy) is 1. The lowest BCUT2D eigenvalue weighted by atomic mass is 10.1.